The molecule has 0 unspecified atom stereocenters. The van der Waals surface area contributed by atoms with E-state index in [4.69, 9.17) is 38.6 Å². The Kier molecular flexibility index (Phi) is 14.2. The summed E-state index contributed by atoms with van der Waals surface area (Å²) in [6.45, 7) is 6.00. The van der Waals surface area contributed by atoms with E-state index in [-0.39, 0.29) is 52.9 Å². The maximum Gasteiger partial charge on any atom is 0.139 e. The Labute approximate surface area is 272 Å². The van der Waals surface area contributed by atoms with E-state index in [2.05, 4.69) is 0 Å². The molecule has 0 fully saturated rings. The molecule has 4 rings (SSSR count). The van der Waals surface area contributed by atoms with Gasteiger partial charge in [0, 0.05) is 28.0 Å². The molecule has 10 nitrogen and oxygen atoms in total. The largest absolute Gasteiger partial charge is 0.490 e. The number of rotatable bonds is 21. The molecule has 4 aromatic rings. The molecule has 0 aliphatic carbocycles. The first-order chi connectivity index (χ1) is 21.5. The van der Waals surface area contributed by atoms with Gasteiger partial charge in [-0.25, -0.2) is 0 Å². The van der Waals surface area contributed by atoms with Gasteiger partial charge >= 0.3 is 0 Å². The van der Waals surface area contributed by atoms with Crippen molar-refractivity contribution in [3.63, 3.8) is 0 Å². The second-order valence-corrected chi connectivity index (χ2v) is 13.8. The SMILES string of the molecule is Cc1cc(OCCO)c(-c2cc(OCCOCCO)c(-c3cc(OCCO)c(-c4cc(OCCOCCO)c(C)s4)s3)s2)s1. The second-order valence-electron chi connectivity index (χ2n) is 9.20. The average molecular weight is 687 g/mol. The van der Waals surface area contributed by atoms with Gasteiger partial charge in [0.1, 0.15) is 49.4 Å². The van der Waals surface area contributed by atoms with Crippen molar-refractivity contribution in [3.8, 4) is 52.3 Å². The van der Waals surface area contributed by atoms with Crippen molar-refractivity contribution in [1.29, 1.82) is 0 Å². The number of hydrogen-bond acceptors (Lipinski definition) is 14. The van der Waals surface area contributed by atoms with Gasteiger partial charge in [-0.05, 0) is 19.9 Å². The van der Waals surface area contributed by atoms with Crippen LogP contribution in [0.15, 0.2) is 24.3 Å². The third-order valence-corrected chi connectivity index (χ3v) is 10.7. The molecule has 0 amide bonds. The third-order valence-electron chi connectivity index (χ3n) is 5.90. The number of thiophene rings is 4. The van der Waals surface area contributed by atoms with Crippen LogP contribution in [0.1, 0.15) is 9.75 Å². The zero-order valence-corrected chi connectivity index (χ0v) is 27.9. The highest BCUT2D eigenvalue weighted by Crippen LogP contribution is 2.53. The molecule has 0 aromatic carbocycles. The molecular weight excluding hydrogens is 649 g/mol. The minimum atomic E-state index is -0.115. The second kappa shape index (κ2) is 18.0. The molecule has 0 saturated carbocycles. The summed E-state index contributed by atoms with van der Waals surface area (Å²) in [5.74, 6) is 2.82. The predicted octanol–water partition coefficient (Wildman–Crippen LogP) is 5.07. The minimum absolute atomic E-state index is 0.0272. The number of aryl methyl sites for hydroxylation is 2. The number of hydrogen-bond donors (Lipinski definition) is 4. The highest BCUT2D eigenvalue weighted by molar-refractivity contribution is 7.29. The highest BCUT2D eigenvalue weighted by Gasteiger charge is 2.23. The molecule has 0 aliphatic rings. The average Bonchev–Trinajstić information content (AvgIpc) is 3.80. The van der Waals surface area contributed by atoms with Crippen molar-refractivity contribution in [2.45, 2.75) is 13.8 Å². The Bertz CT molecular complexity index is 1420. The Morgan fingerprint density at radius 2 is 0.864 bits per heavy atom. The van der Waals surface area contributed by atoms with E-state index in [9.17, 15) is 10.2 Å². The topological polar surface area (TPSA) is 136 Å². The Morgan fingerprint density at radius 1 is 0.455 bits per heavy atom. The first-order valence-electron chi connectivity index (χ1n) is 14.1. The maximum atomic E-state index is 9.50. The summed E-state index contributed by atoms with van der Waals surface area (Å²) >= 11 is 6.35. The van der Waals surface area contributed by atoms with Crippen molar-refractivity contribution in [1.82, 2.24) is 0 Å². The van der Waals surface area contributed by atoms with Crippen LogP contribution in [0.2, 0.25) is 0 Å². The lowest BCUT2D eigenvalue weighted by molar-refractivity contribution is 0.0705. The molecule has 4 aromatic heterocycles. The van der Waals surface area contributed by atoms with Gasteiger partial charge in [0.15, 0.2) is 0 Å². The Morgan fingerprint density at radius 3 is 1.39 bits per heavy atom. The van der Waals surface area contributed by atoms with Gasteiger partial charge in [-0.3, -0.25) is 0 Å². The van der Waals surface area contributed by atoms with E-state index in [0.717, 1.165) is 50.5 Å². The van der Waals surface area contributed by atoms with Crippen molar-refractivity contribution in [3.05, 3.63) is 34.0 Å². The maximum absolute atomic E-state index is 9.50. The molecule has 0 saturated heterocycles. The van der Waals surface area contributed by atoms with Gasteiger partial charge in [-0.15, -0.1) is 45.3 Å². The highest BCUT2D eigenvalue weighted by atomic mass is 32.1. The van der Waals surface area contributed by atoms with Crippen LogP contribution in [0.4, 0.5) is 0 Å². The van der Waals surface area contributed by atoms with E-state index in [1.807, 2.05) is 38.1 Å². The summed E-state index contributed by atoms with van der Waals surface area (Å²) < 4.78 is 34.7. The molecule has 0 radical (unpaired) electrons. The lowest BCUT2D eigenvalue weighted by Crippen LogP contribution is -2.09. The van der Waals surface area contributed by atoms with Crippen LogP contribution < -0.4 is 18.9 Å². The fourth-order valence-electron chi connectivity index (χ4n) is 4.09. The van der Waals surface area contributed by atoms with Crippen LogP contribution in [-0.2, 0) is 9.47 Å². The van der Waals surface area contributed by atoms with E-state index >= 15 is 0 Å². The quantitative estimate of drug-likeness (QED) is 0.0881. The van der Waals surface area contributed by atoms with Crippen LogP contribution in [0.25, 0.3) is 29.3 Å². The van der Waals surface area contributed by atoms with Gasteiger partial charge < -0.3 is 48.8 Å². The van der Waals surface area contributed by atoms with E-state index < -0.39 is 0 Å². The van der Waals surface area contributed by atoms with Crippen LogP contribution in [-0.4, -0.2) is 99.7 Å². The van der Waals surface area contributed by atoms with E-state index in [1.54, 1.807) is 45.3 Å². The van der Waals surface area contributed by atoms with Crippen LogP contribution in [0, 0.1) is 13.8 Å². The number of aliphatic hydroxyl groups is 4. The normalized spacial score (nSPS) is 11.3. The Balaban J connectivity index is 1.68. The van der Waals surface area contributed by atoms with Crippen molar-refractivity contribution < 1.29 is 48.8 Å². The fraction of sp³-hybridized carbons (Fsp3) is 0.467. The van der Waals surface area contributed by atoms with Crippen LogP contribution in [0.5, 0.6) is 23.0 Å². The van der Waals surface area contributed by atoms with Crippen LogP contribution in [0.3, 0.4) is 0 Å². The minimum Gasteiger partial charge on any atom is -0.490 e. The third kappa shape index (κ3) is 9.39. The standard InChI is InChI=1S/C30H38O10S4/c1-19-15-22(37-9-5-33)28(41-19)26-18-24(40-14-12-36-8-4-32)30(43-26)27-17-23(38-10-6-34)29(44-27)25-16-21(20(2)42-25)39-13-11-35-7-3-31/h15-18,31-34H,3-14H2,1-2H3. The summed E-state index contributed by atoms with van der Waals surface area (Å²) in [6.07, 6.45) is 0. The molecule has 0 atom stereocenters. The monoisotopic (exact) mass is 686 g/mol. The van der Waals surface area contributed by atoms with Gasteiger partial charge in [-0.1, -0.05) is 0 Å². The van der Waals surface area contributed by atoms with Crippen LogP contribution >= 0.6 is 45.3 Å². The molecule has 0 bridgehead atoms. The van der Waals surface area contributed by atoms with Crippen molar-refractivity contribution in [2.24, 2.45) is 0 Å². The fourth-order valence-corrected chi connectivity index (χ4v) is 8.52. The van der Waals surface area contributed by atoms with Gasteiger partial charge in [0.25, 0.3) is 0 Å². The molecular formula is C30H38O10S4. The van der Waals surface area contributed by atoms with E-state index in [0.29, 0.717) is 37.9 Å². The number of aliphatic hydroxyl groups excluding tert-OH is 4. The molecule has 0 aliphatic heterocycles. The van der Waals surface area contributed by atoms with Crippen molar-refractivity contribution >= 4 is 45.3 Å². The Hall–Kier alpha value is -2.24. The summed E-state index contributed by atoms with van der Waals surface area (Å²) in [7, 11) is 0. The summed E-state index contributed by atoms with van der Waals surface area (Å²) in [4.78, 5) is 7.77. The molecule has 4 N–H and O–H groups in total. The zero-order valence-electron chi connectivity index (χ0n) is 24.7. The summed E-state index contributed by atoms with van der Waals surface area (Å²) in [5.41, 5.74) is 0. The smallest absolute Gasteiger partial charge is 0.139 e. The predicted molar refractivity (Wildman–Crippen MR) is 176 cm³/mol. The van der Waals surface area contributed by atoms with Gasteiger partial charge in [-0.2, -0.15) is 0 Å². The molecule has 44 heavy (non-hydrogen) atoms. The van der Waals surface area contributed by atoms with Gasteiger partial charge in [0.2, 0.25) is 0 Å². The molecule has 242 valence electrons. The summed E-state index contributed by atoms with van der Waals surface area (Å²) in [5, 5.41) is 36.7. The summed E-state index contributed by atoms with van der Waals surface area (Å²) in [6, 6.07) is 7.93. The lowest BCUT2D eigenvalue weighted by Gasteiger charge is -2.06. The zero-order chi connectivity index (χ0) is 31.3. The van der Waals surface area contributed by atoms with Gasteiger partial charge in [0.05, 0.1) is 82.1 Å². The molecule has 14 heteroatoms. The molecule has 4 heterocycles. The first kappa shape index (κ1) is 34.6. The molecule has 0 spiro atoms. The number of ether oxygens (including phenoxy) is 6. The van der Waals surface area contributed by atoms with Crippen molar-refractivity contribution in [2.75, 3.05) is 79.3 Å². The first-order valence-corrected chi connectivity index (χ1v) is 17.3. The van der Waals surface area contributed by atoms with E-state index in [1.165, 1.54) is 0 Å². The lowest BCUT2D eigenvalue weighted by atomic mass is 10.3.